The molecule has 0 aliphatic carbocycles. The van der Waals surface area contributed by atoms with Gasteiger partial charge >= 0.3 is 0 Å². The summed E-state index contributed by atoms with van der Waals surface area (Å²) in [4.78, 5) is 26.5. The molecule has 1 saturated heterocycles. The van der Waals surface area contributed by atoms with Crippen molar-refractivity contribution in [1.82, 2.24) is 29.5 Å². The normalized spacial score (nSPS) is 14.6. The van der Waals surface area contributed by atoms with Crippen molar-refractivity contribution in [2.75, 3.05) is 31.9 Å². The number of nitrogens with zero attached hydrogens (tertiary/aromatic N) is 6. The molecule has 0 saturated carbocycles. The predicted octanol–water partition coefficient (Wildman–Crippen LogP) is 2.90. The van der Waals surface area contributed by atoms with Gasteiger partial charge in [0.25, 0.3) is 0 Å². The Labute approximate surface area is 199 Å². The summed E-state index contributed by atoms with van der Waals surface area (Å²) in [7, 11) is 0. The molecule has 2 aromatic heterocycles. The Bertz CT molecular complexity index is 1320. The molecule has 1 fully saturated rings. The van der Waals surface area contributed by atoms with Gasteiger partial charge in [-0.25, -0.2) is 14.6 Å². The molecule has 0 unspecified atom stereocenters. The van der Waals surface area contributed by atoms with Gasteiger partial charge in [0.1, 0.15) is 11.6 Å². The number of hydrogen-bond acceptors (Lipinski definition) is 6. The Balaban J connectivity index is 1.21. The number of hydrogen-bond donors (Lipinski definition) is 1. The van der Waals surface area contributed by atoms with Crippen LogP contribution in [0.15, 0.2) is 54.6 Å². The van der Waals surface area contributed by atoms with Gasteiger partial charge in [-0.1, -0.05) is 30.3 Å². The molecule has 0 spiro atoms. The Hall–Kier alpha value is -3.78. The Morgan fingerprint density at radius 2 is 1.65 bits per heavy atom. The maximum absolute atomic E-state index is 13.1. The maximum atomic E-state index is 13.1. The van der Waals surface area contributed by atoms with Crippen molar-refractivity contribution in [2.45, 2.75) is 26.8 Å². The number of aryl methyl sites for hydroxylation is 1. The molecule has 1 aliphatic rings. The summed E-state index contributed by atoms with van der Waals surface area (Å²) >= 11 is 0. The lowest BCUT2D eigenvalue weighted by Crippen LogP contribution is -2.48. The molecule has 0 radical (unpaired) electrons. The lowest BCUT2D eigenvalue weighted by Gasteiger charge is -2.34. The van der Waals surface area contributed by atoms with Gasteiger partial charge in [0.15, 0.2) is 0 Å². The van der Waals surface area contributed by atoms with E-state index in [-0.39, 0.29) is 5.91 Å². The number of carbonyl (C=O) groups excluding carboxylic acids is 1. The van der Waals surface area contributed by atoms with Gasteiger partial charge in [-0.3, -0.25) is 9.69 Å². The van der Waals surface area contributed by atoms with Crippen LogP contribution in [-0.4, -0.2) is 61.6 Å². The number of anilines is 1. The van der Waals surface area contributed by atoms with Crippen molar-refractivity contribution >= 4 is 22.6 Å². The number of benzene rings is 2. The fraction of sp³-hybridized carbons (Fsp3) is 0.308. The average molecular weight is 456 g/mol. The molecule has 0 bridgehead atoms. The highest BCUT2D eigenvalue weighted by Crippen LogP contribution is 2.20. The largest absolute Gasteiger partial charge is 0.383 e. The van der Waals surface area contributed by atoms with Crippen LogP contribution in [0.1, 0.15) is 22.8 Å². The summed E-state index contributed by atoms with van der Waals surface area (Å²) in [6.07, 6.45) is 0.370. The Morgan fingerprint density at radius 3 is 2.41 bits per heavy atom. The van der Waals surface area contributed by atoms with Gasteiger partial charge in [-0.2, -0.15) is 5.10 Å². The summed E-state index contributed by atoms with van der Waals surface area (Å²) in [5.74, 6) is 1.37. The van der Waals surface area contributed by atoms with E-state index in [4.69, 9.17) is 5.73 Å². The van der Waals surface area contributed by atoms with Crippen molar-refractivity contribution in [3.05, 3.63) is 77.4 Å². The van der Waals surface area contributed by atoms with Crippen LogP contribution < -0.4 is 5.73 Å². The summed E-state index contributed by atoms with van der Waals surface area (Å²) in [5, 5.41) is 5.56. The number of piperazine rings is 1. The van der Waals surface area contributed by atoms with Crippen LogP contribution in [0.2, 0.25) is 0 Å². The van der Waals surface area contributed by atoms with Crippen molar-refractivity contribution in [3.63, 3.8) is 0 Å². The molecule has 2 aromatic carbocycles. The molecule has 34 heavy (non-hydrogen) atoms. The fourth-order valence-corrected chi connectivity index (χ4v) is 4.59. The maximum Gasteiger partial charge on any atom is 0.227 e. The van der Waals surface area contributed by atoms with Crippen LogP contribution in [-0.2, 0) is 17.8 Å². The number of para-hydroxylation sites is 2. The lowest BCUT2D eigenvalue weighted by molar-refractivity contribution is -0.132. The minimum atomic E-state index is 0.143. The van der Waals surface area contributed by atoms with E-state index in [1.165, 1.54) is 0 Å². The van der Waals surface area contributed by atoms with Gasteiger partial charge in [0, 0.05) is 42.8 Å². The third-order valence-electron chi connectivity index (χ3n) is 6.54. The highest BCUT2D eigenvalue weighted by atomic mass is 16.2. The zero-order valence-corrected chi connectivity index (χ0v) is 19.6. The van der Waals surface area contributed by atoms with Crippen LogP contribution in [0, 0.1) is 13.8 Å². The molecule has 1 aliphatic heterocycles. The molecule has 2 N–H and O–H groups in total. The van der Waals surface area contributed by atoms with E-state index in [1.54, 1.807) is 0 Å². The van der Waals surface area contributed by atoms with Crippen molar-refractivity contribution in [2.24, 2.45) is 0 Å². The monoisotopic (exact) mass is 455 g/mol. The molecule has 4 aromatic rings. The van der Waals surface area contributed by atoms with Gasteiger partial charge < -0.3 is 10.6 Å². The molecule has 8 heteroatoms. The number of carbonyl (C=O) groups is 1. The molecular formula is C26H29N7O. The molecule has 3 heterocycles. The minimum Gasteiger partial charge on any atom is -0.383 e. The van der Waals surface area contributed by atoms with Gasteiger partial charge in [0.05, 0.1) is 29.9 Å². The van der Waals surface area contributed by atoms with Gasteiger partial charge in [-0.05, 0) is 38.1 Å². The van der Waals surface area contributed by atoms with Crippen molar-refractivity contribution in [3.8, 4) is 5.69 Å². The quantitative estimate of drug-likeness (QED) is 0.497. The number of nitrogen functional groups attached to an aromatic ring is 1. The Kier molecular flexibility index (Phi) is 5.98. The summed E-state index contributed by atoms with van der Waals surface area (Å²) in [6.45, 7) is 7.57. The third-order valence-corrected chi connectivity index (χ3v) is 6.54. The summed E-state index contributed by atoms with van der Waals surface area (Å²) in [5.41, 5.74) is 10.9. The van der Waals surface area contributed by atoms with E-state index >= 15 is 0 Å². The number of fused-ring (bicyclic) bond motifs is 1. The lowest BCUT2D eigenvalue weighted by atomic mass is 10.1. The standard InChI is InChI=1S/C26H29N7O/c1-18-22(19(2)33(30-18)20-8-4-3-5-9-20)16-25(34)32-14-12-31(13-15-32)17-24-28-23-11-7-6-10-21(23)26(27)29-24/h3-11H,12-17H2,1-2H3,(H2,27,28,29). The number of aromatic nitrogens is 4. The molecule has 0 atom stereocenters. The van der Waals surface area contributed by atoms with Crippen LogP contribution >= 0.6 is 0 Å². The van der Waals surface area contributed by atoms with Gasteiger partial charge in [0.2, 0.25) is 5.91 Å². The van der Waals surface area contributed by atoms with Crippen LogP contribution in [0.5, 0.6) is 0 Å². The second-order valence-corrected chi connectivity index (χ2v) is 8.77. The highest BCUT2D eigenvalue weighted by molar-refractivity contribution is 5.87. The van der Waals surface area contributed by atoms with Gasteiger partial charge in [-0.15, -0.1) is 0 Å². The molecule has 174 valence electrons. The summed E-state index contributed by atoms with van der Waals surface area (Å²) in [6, 6.07) is 17.8. The second-order valence-electron chi connectivity index (χ2n) is 8.77. The third kappa shape index (κ3) is 4.36. The smallest absolute Gasteiger partial charge is 0.227 e. The van der Waals surface area contributed by atoms with Crippen LogP contribution in [0.3, 0.4) is 0 Å². The molecular weight excluding hydrogens is 426 g/mol. The minimum absolute atomic E-state index is 0.143. The first-order valence-corrected chi connectivity index (χ1v) is 11.6. The first kappa shape index (κ1) is 22.0. The van der Waals surface area contributed by atoms with E-state index in [9.17, 15) is 4.79 Å². The van der Waals surface area contributed by atoms with E-state index in [0.29, 0.717) is 31.9 Å². The fourth-order valence-electron chi connectivity index (χ4n) is 4.59. The predicted molar refractivity (Wildman–Crippen MR) is 133 cm³/mol. The van der Waals surface area contributed by atoms with Crippen LogP contribution in [0.25, 0.3) is 16.6 Å². The van der Waals surface area contributed by atoms with E-state index < -0.39 is 0 Å². The number of nitrogens with two attached hydrogens (primary N) is 1. The van der Waals surface area contributed by atoms with E-state index in [2.05, 4.69) is 20.0 Å². The van der Waals surface area contributed by atoms with Crippen molar-refractivity contribution in [1.29, 1.82) is 0 Å². The molecule has 1 amide bonds. The zero-order chi connectivity index (χ0) is 23.7. The molecule has 8 nitrogen and oxygen atoms in total. The second kappa shape index (κ2) is 9.23. The highest BCUT2D eigenvalue weighted by Gasteiger charge is 2.24. The first-order valence-electron chi connectivity index (χ1n) is 11.6. The van der Waals surface area contributed by atoms with E-state index in [0.717, 1.165) is 52.5 Å². The number of amides is 1. The Morgan fingerprint density at radius 1 is 0.941 bits per heavy atom. The van der Waals surface area contributed by atoms with Crippen LogP contribution in [0.4, 0.5) is 5.82 Å². The topological polar surface area (TPSA) is 93.2 Å². The number of rotatable bonds is 5. The first-order chi connectivity index (χ1) is 16.5. The molecule has 5 rings (SSSR count). The zero-order valence-electron chi connectivity index (χ0n) is 19.6. The van der Waals surface area contributed by atoms with Crippen molar-refractivity contribution < 1.29 is 4.79 Å². The average Bonchev–Trinajstić information content (AvgIpc) is 3.13. The van der Waals surface area contributed by atoms with E-state index in [1.807, 2.05) is 78.0 Å². The summed E-state index contributed by atoms with van der Waals surface area (Å²) < 4.78 is 1.92. The SMILES string of the molecule is Cc1nn(-c2ccccc2)c(C)c1CC(=O)N1CCN(Cc2nc(N)c3ccccc3n2)CC1.